The first kappa shape index (κ1) is 45.1. The molecule has 0 spiro atoms. The van der Waals surface area contributed by atoms with Gasteiger partial charge in [0.15, 0.2) is 0 Å². The molecule has 0 saturated heterocycles. The Balaban J connectivity index is 1.24. The molecular weight excluding hydrogens is 870 g/mol. The molecular formula is C68H68BN3. The molecule has 3 heterocycles. The van der Waals surface area contributed by atoms with Crippen LogP contribution in [0.3, 0.4) is 0 Å². The van der Waals surface area contributed by atoms with Crippen LogP contribution in [0, 0.1) is 6.92 Å². The van der Waals surface area contributed by atoms with Gasteiger partial charge in [0.2, 0.25) is 0 Å². The molecule has 8 aromatic carbocycles. The molecule has 2 aliphatic carbocycles. The van der Waals surface area contributed by atoms with Gasteiger partial charge in [-0.15, -0.1) is 0 Å². The lowest BCUT2D eigenvalue weighted by atomic mass is 9.43. The topological polar surface area (TPSA) is 11.4 Å². The molecule has 3 nitrogen and oxygen atoms in total. The quantitative estimate of drug-likeness (QED) is 0.163. The van der Waals surface area contributed by atoms with Gasteiger partial charge in [-0.05, 0) is 175 Å². The third-order valence-corrected chi connectivity index (χ3v) is 17.8. The van der Waals surface area contributed by atoms with Crippen LogP contribution in [-0.2, 0) is 27.1 Å². The van der Waals surface area contributed by atoms with E-state index in [1.807, 2.05) is 0 Å². The molecule has 2 aliphatic heterocycles. The minimum atomic E-state index is -0.267. The summed E-state index contributed by atoms with van der Waals surface area (Å²) >= 11 is 0. The van der Waals surface area contributed by atoms with Crippen LogP contribution < -0.4 is 20.6 Å². The van der Waals surface area contributed by atoms with Crippen molar-refractivity contribution in [3.8, 4) is 27.9 Å². The van der Waals surface area contributed by atoms with Crippen LogP contribution in [0.1, 0.15) is 135 Å². The predicted octanol–water partition coefficient (Wildman–Crippen LogP) is 17.1. The Morgan fingerprint density at radius 2 is 1.11 bits per heavy atom. The molecule has 9 aromatic rings. The fourth-order valence-electron chi connectivity index (χ4n) is 13.7. The van der Waals surface area contributed by atoms with E-state index in [1.165, 1.54) is 117 Å². The molecule has 13 rings (SSSR count). The minimum Gasteiger partial charge on any atom is -0.376 e. The lowest BCUT2D eigenvalue weighted by Gasteiger charge is -2.47. The summed E-state index contributed by atoms with van der Waals surface area (Å²) in [4.78, 5) is 5.32. The summed E-state index contributed by atoms with van der Waals surface area (Å²) < 4.78 is 2.68. The summed E-state index contributed by atoms with van der Waals surface area (Å²) in [5.41, 5.74) is 27.5. The van der Waals surface area contributed by atoms with Gasteiger partial charge in [-0.3, -0.25) is 0 Å². The monoisotopic (exact) mass is 938 g/mol. The first-order valence-corrected chi connectivity index (χ1v) is 26.6. The Labute approximate surface area is 428 Å². The Morgan fingerprint density at radius 3 is 1.76 bits per heavy atom. The van der Waals surface area contributed by atoms with Gasteiger partial charge in [-0.1, -0.05) is 168 Å². The van der Waals surface area contributed by atoms with Gasteiger partial charge in [0.1, 0.15) is 0 Å². The molecule has 0 saturated carbocycles. The number of aromatic nitrogens is 1. The van der Waals surface area contributed by atoms with Crippen LogP contribution in [-0.4, -0.2) is 11.4 Å². The second kappa shape index (κ2) is 14.9. The lowest BCUT2D eigenvalue weighted by Crippen LogP contribution is -2.61. The highest BCUT2D eigenvalue weighted by Crippen LogP contribution is 2.59. The summed E-state index contributed by atoms with van der Waals surface area (Å²) in [5.74, 6) is 0. The van der Waals surface area contributed by atoms with Gasteiger partial charge >= 0.3 is 6.85 Å². The molecule has 0 fully saturated rings. The first-order chi connectivity index (χ1) is 34.1. The van der Waals surface area contributed by atoms with E-state index in [-0.39, 0.29) is 33.9 Å². The van der Waals surface area contributed by atoms with Crippen molar-refractivity contribution in [3.05, 3.63) is 191 Å². The molecule has 72 heavy (non-hydrogen) atoms. The van der Waals surface area contributed by atoms with Crippen molar-refractivity contribution in [2.24, 2.45) is 0 Å². The highest BCUT2D eigenvalue weighted by atomic mass is 15.2. The van der Waals surface area contributed by atoms with Crippen LogP contribution in [0.4, 0.5) is 28.4 Å². The minimum absolute atomic E-state index is 0.0155. The average Bonchev–Trinajstić information content (AvgIpc) is 3.80. The Kier molecular flexibility index (Phi) is 9.34. The SMILES string of the molecule is Cc1cc2c(cc1N1B3c4c(cc(N(c5ccccc5)c5ccccc5)cc4-n4c5ccc(C(C)(C)C)cc5c5cc(C(C)(C)C)cc3c54)-c3c1ccc1c3C(C)(C)c3ccccc3-1)C(C)(C)CCC2(C)C. The van der Waals surface area contributed by atoms with Gasteiger partial charge in [0, 0.05) is 55.9 Å². The van der Waals surface area contributed by atoms with Gasteiger partial charge in [-0.25, -0.2) is 0 Å². The number of hydrogen-bond acceptors (Lipinski definition) is 2. The van der Waals surface area contributed by atoms with Crippen LogP contribution in [0.5, 0.6) is 0 Å². The highest BCUT2D eigenvalue weighted by molar-refractivity contribution is 6.93. The number of aryl methyl sites for hydroxylation is 1. The summed E-state index contributed by atoms with van der Waals surface area (Å²) in [6.07, 6.45) is 2.35. The predicted molar refractivity (Wildman–Crippen MR) is 309 cm³/mol. The van der Waals surface area contributed by atoms with Crippen molar-refractivity contribution in [3.63, 3.8) is 0 Å². The molecule has 0 N–H and O–H groups in total. The zero-order chi connectivity index (χ0) is 50.2. The first-order valence-electron chi connectivity index (χ1n) is 26.6. The van der Waals surface area contributed by atoms with E-state index in [1.54, 1.807) is 0 Å². The van der Waals surface area contributed by atoms with E-state index in [4.69, 9.17) is 0 Å². The van der Waals surface area contributed by atoms with Gasteiger partial charge in [0.05, 0.1) is 11.0 Å². The fourth-order valence-corrected chi connectivity index (χ4v) is 13.7. The van der Waals surface area contributed by atoms with E-state index >= 15 is 0 Å². The molecule has 4 aliphatic rings. The lowest BCUT2D eigenvalue weighted by molar-refractivity contribution is 0.332. The molecule has 0 bridgehead atoms. The maximum absolute atomic E-state index is 2.84. The van der Waals surface area contributed by atoms with Crippen molar-refractivity contribution >= 4 is 68.0 Å². The fraction of sp³-hybridized carbons (Fsp3) is 0.294. The molecule has 358 valence electrons. The normalized spacial score (nSPS) is 16.6. The third kappa shape index (κ3) is 6.29. The zero-order valence-corrected chi connectivity index (χ0v) is 44.8. The smallest absolute Gasteiger partial charge is 0.333 e. The van der Waals surface area contributed by atoms with Crippen LogP contribution in [0.25, 0.3) is 49.7 Å². The standard InChI is InChI=1S/C68H68BN3/c1-41-34-53-54(67(10,11)33-32-66(53,8)9)40-58(41)72-57-31-29-48-47-26-20-21-27-52(47)68(12,13)61(48)60(57)51-38-46(70(44-22-16-14-17-23-44)45-24-18-15-19-25-45)39-59-62(51)69(72)55-37-43(65(5,6)7)36-50-49-35-42(64(2,3)4)28-30-56(49)71(59)63(50)55/h14-31,34-40H,32-33H2,1-13H3. The summed E-state index contributed by atoms with van der Waals surface area (Å²) in [6, 6.07) is 59.0. The van der Waals surface area contributed by atoms with Gasteiger partial charge in [-0.2, -0.15) is 0 Å². The number of hydrogen-bond donors (Lipinski definition) is 0. The second-order valence-corrected chi connectivity index (χ2v) is 25.7. The molecule has 0 atom stereocenters. The van der Waals surface area contributed by atoms with Gasteiger partial charge < -0.3 is 14.3 Å². The Morgan fingerprint density at radius 1 is 0.500 bits per heavy atom. The van der Waals surface area contributed by atoms with E-state index in [2.05, 4.69) is 256 Å². The third-order valence-electron chi connectivity index (χ3n) is 17.8. The van der Waals surface area contributed by atoms with Gasteiger partial charge in [0.25, 0.3) is 0 Å². The van der Waals surface area contributed by atoms with E-state index in [9.17, 15) is 0 Å². The van der Waals surface area contributed by atoms with Crippen LogP contribution in [0.15, 0.2) is 152 Å². The molecule has 4 heteroatoms. The van der Waals surface area contributed by atoms with E-state index < -0.39 is 0 Å². The maximum atomic E-state index is 2.84. The molecule has 0 radical (unpaired) electrons. The summed E-state index contributed by atoms with van der Waals surface area (Å²) in [7, 11) is 0. The molecule has 0 amide bonds. The Hall–Kier alpha value is -6.78. The molecule has 0 unspecified atom stereocenters. The van der Waals surface area contributed by atoms with Crippen LogP contribution >= 0.6 is 0 Å². The second-order valence-electron chi connectivity index (χ2n) is 25.7. The van der Waals surface area contributed by atoms with E-state index in [0.717, 1.165) is 23.5 Å². The zero-order valence-electron chi connectivity index (χ0n) is 44.8. The number of fused-ring (bicyclic) bond motifs is 12. The summed E-state index contributed by atoms with van der Waals surface area (Å²) in [5, 5.41) is 2.65. The highest BCUT2D eigenvalue weighted by Gasteiger charge is 2.49. The largest absolute Gasteiger partial charge is 0.376 e. The number of benzene rings is 8. The van der Waals surface area contributed by atoms with E-state index in [0.29, 0.717) is 0 Å². The van der Waals surface area contributed by atoms with Crippen LogP contribution in [0.2, 0.25) is 0 Å². The van der Waals surface area contributed by atoms with Crippen molar-refractivity contribution in [1.82, 2.24) is 4.57 Å². The van der Waals surface area contributed by atoms with Crippen molar-refractivity contribution in [2.75, 3.05) is 9.71 Å². The maximum Gasteiger partial charge on any atom is 0.333 e. The van der Waals surface area contributed by atoms with Crippen molar-refractivity contribution in [1.29, 1.82) is 0 Å². The number of nitrogens with zero attached hydrogens (tertiary/aromatic N) is 3. The Bertz CT molecular complexity index is 3720. The van der Waals surface area contributed by atoms with Crippen molar-refractivity contribution in [2.45, 2.75) is 130 Å². The number of anilines is 5. The average molecular weight is 938 g/mol. The summed E-state index contributed by atoms with van der Waals surface area (Å²) in [6.45, 7) is 31.3. The van der Waals surface area contributed by atoms with Crippen molar-refractivity contribution < 1.29 is 0 Å². The molecule has 1 aromatic heterocycles. The number of para-hydroxylation sites is 2. The number of rotatable bonds is 4.